The number of hydrogen-bond donors (Lipinski definition) is 1. The molecule has 2 rings (SSSR count). The first-order valence-electron chi connectivity index (χ1n) is 7.90. The van der Waals surface area contributed by atoms with Gasteiger partial charge < -0.3 is 5.11 Å². The predicted molar refractivity (Wildman–Crippen MR) is 79.2 cm³/mol. The molecule has 0 heterocycles. The summed E-state index contributed by atoms with van der Waals surface area (Å²) in [6.45, 7) is 5.00. The van der Waals surface area contributed by atoms with E-state index in [2.05, 4.69) is 0 Å². The molecular weight excluding hydrogens is 284 g/mol. The van der Waals surface area contributed by atoms with E-state index < -0.39 is 28.9 Å². The van der Waals surface area contributed by atoms with Crippen molar-refractivity contribution >= 4 is 23.3 Å². The van der Waals surface area contributed by atoms with Gasteiger partial charge in [-0.25, -0.2) is 0 Å². The van der Waals surface area contributed by atoms with Gasteiger partial charge in [-0.15, -0.1) is 0 Å². The van der Waals surface area contributed by atoms with Crippen LogP contribution in [0.5, 0.6) is 0 Å². The molecule has 0 radical (unpaired) electrons. The van der Waals surface area contributed by atoms with Crippen molar-refractivity contribution in [2.45, 2.75) is 59.3 Å². The molecule has 0 saturated heterocycles. The average molecular weight is 308 g/mol. The number of rotatable bonds is 4. The smallest absolute Gasteiger partial charge is 0.303 e. The van der Waals surface area contributed by atoms with Crippen LogP contribution in [0, 0.1) is 22.7 Å². The zero-order chi connectivity index (χ0) is 16.7. The summed E-state index contributed by atoms with van der Waals surface area (Å²) in [4.78, 5) is 47.2. The molecule has 122 valence electrons. The topological polar surface area (TPSA) is 88.5 Å². The van der Waals surface area contributed by atoms with Crippen LogP contribution in [0.1, 0.15) is 59.3 Å². The Morgan fingerprint density at radius 1 is 1.23 bits per heavy atom. The van der Waals surface area contributed by atoms with E-state index in [4.69, 9.17) is 0 Å². The molecule has 0 aromatic heterocycles. The van der Waals surface area contributed by atoms with Crippen LogP contribution in [0.3, 0.4) is 0 Å². The van der Waals surface area contributed by atoms with Gasteiger partial charge in [0.25, 0.3) is 0 Å². The highest BCUT2D eigenvalue weighted by Crippen LogP contribution is 2.60. The molecule has 2 aliphatic rings. The van der Waals surface area contributed by atoms with Crippen LogP contribution >= 0.6 is 0 Å². The Hall–Kier alpha value is -1.52. The molecule has 2 fully saturated rings. The van der Waals surface area contributed by atoms with Crippen LogP contribution in [0.2, 0.25) is 0 Å². The molecule has 0 unspecified atom stereocenters. The molecule has 22 heavy (non-hydrogen) atoms. The number of fused-ring (bicyclic) bond motifs is 1. The van der Waals surface area contributed by atoms with E-state index in [1.807, 2.05) is 6.92 Å². The van der Waals surface area contributed by atoms with Gasteiger partial charge in [-0.2, -0.15) is 0 Å². The van der Waals surface area contributed by atoms with Crippen molar-refractivity contribution in [2.75, 3.05) is 0 Å². The first-order chi connectivity index (χ1) is 10.1. The number of ketones is 3. The SMILES string of the molecule is CC(=O)C(=O)[C@@]1(C)CC[C@H]2CC(=O)CC[C@]2(C)[C@@H]1CC(=O)O. The highest BCUT2D eigenvalue weighted by Gasteiger charge is 2.58. The average Bonchev–Trinajstić information content (AvgIpc) is 2.43. The second kappa shape index (κ2) is 5.60. The van der Waals surface area contributed by atoms with E-state index in [0.717, 1.165) is 0 Å². The van der Waals surface area contributed by atoms with Crippen molar-refractivity contribution in [3.05, 3.63) is 0 Å². The fourth-order valence-electron chi connectivity index (χ4n) is 4.80. The van der Waals surface area contributed by atoms with E-state index in [1.165, 1.54) is 6.92 Å². The molecule has 0 bridgehead atoms. The van der Waals surface area contributed by atoms with Gasteiger partial charge >= 0.3 is 5.97 Å². The lowest BCUT2D eigenvalue weighted by molar-refractivity contribution is -0.161. The molecule has 4 atom stereocenters. The Morgan fingerprint density at radius 2 is 1.86 bits per heavy atom. The third-order valence-corrected chi connectivity index (χ3v) is 6.14. The summed E-state index contributed by atoms with van der Waals surface area (Å²) >= 11 is 0. The molecule has 0 aliphatic heterocycles. The summed E-state index contributed by atoms with van der Waals surface area (Å²) in [6.07, 6.45) is 2.57. The van der Waals surface area contributed by atoms with Gasteiger partial charge in [0.2, 0.25) is 5.78 Å². The summed E-state index contributed by atoms with van der Waals surface area (Å²) in [5.74, 6) is -1.99. The van der Waals surface area contributed by atoms with Crippen LogP contribution in [0.15, 0.2) is 0 Å². The molecule has 1 N–H and O–H groups in total. The van der Waals surface area contributed by atoms with Crippen LogP contribution in [0.25, 0.3) is 0 Å². The first kappa shape index (κ1) is 16.8. The van der Waals surface area contributed by atoms with Gasteiger partial charge in [-0.3, -0.25) is 19.2 Å². The Kier molecular flexibility index (Phi) is 4.28. The zero-order valence-corrected chi connectivity index (χ0v) is 13.5. The Morgan fingerprint density at radius 3 is 2.41 bits per heavy atom. The van der Waals surface area contributed by atoms with Gasteiger partial charge in [0.1, 0.15) is 5.78 Å². The number of hydrogen-bond acceptors (Lipinski definition) is 4. The fourth-order valence-corrected chi connectivity index (χ4v) is 4.80. The predicted octanol–water partition coefficient (Wildman–Crippen LogP) is 2.41. The standard InChI is InChI=1S/C17H24O5/c1-10(18)15(22)17(3)6-4-11-8-12(19)5-7-16(11,2)13(17)9-14(20)21/h11,13H,4-9H2,1-3H3,(H,20,21)/t11-,13-,16-,17-/m0/s1. The van der Waals surface area contributed by atoms with Gasteiger partial charge in [-0.1, -0.05) is 13.8 Å². The van der Waals surface area contributed by atoms with Crippen molar-refractivity contribution in [1.29, 1.82) is 0 Å². The van der Waals surface area contributed by atoms with Crippen molar-refractivity contribution < 1.29 is 24.3 Å². The number of carbonyl (C=O) groups is 4. The Labute approximate surface area is 130 Å². The third-order valence-electron chi connectivity index (χ3n) is 6.14. The maximum Gasteiger partial charge on any atom is 0.303 e. The Bertz CT molecular complexity index is 537. The van der Waals surface area contributed by atoms with E-state index in [1.54, 1.807) is 6.92 Å². The number of aliphatic carboxylic acids is 1. The summed E-state index contributed by atoms with van der Waals surface area (Å²) in [7, 11) is 0. The second-order valence-electron chi connectivity index (χ2n) is 7.44. The molecular formula is C17H24O5. The number of carboxylic acids is 1. The van der Waals surface area contributed by atoms with Crippen molar-refractivity contribution in [1.82, 2.24) is 0 Å². The summed E-state index contributed by atoms with van der Waals surface area (Å²) in [6, 6.07) is 0. The third kappa shape index (κ3) is 2.61. The Balaban J connectivity index is 2.45. The normalized spacial score (nSPS) is 38.2. The second-order valence-corrected chi connectivity index (χ2v) is 7.44. The van der Waals surface area contributed by atoms with Crippen LogP contribution in [0.4, 0.5) is 0 Å². The molecule has 0 aromatic rings. The summed E-state index contributed by atoms with van der Waals surface area (Å²) < 4.78 is 0. The quantitative estimate of drug-likeness (QED) is 0.806. The number of Topliss-reactive ketones (excluding diaryl/α,β-unsaturated/α-hetero) is 3. The first-order valence-corrected chi connectivity index (χ1v) is 7.90. The van der Waals surface area contributed by atoms with Crippen molar-refractivity contribution in [3.63, 3.8) is 0 Å². The molecule has 0 amide bonds. The van der Waals surface area contributed by atoms with Gasteiger partial charge in [0.05, 0.1) is 0 Å². The zero-order valence-electron chi connectivity index (χ0n) is 13.5. The van der Waals surface area contributed by atoms with Gasteiger partial charge in [0, 0.05) is 31.6 Å². The van der Waals surface area contributed by atoms with E-state index >= 15 is 0 Å². The monoisotopic (exact) mass is 308 g/mol. The maximum absolute atomic E-state index is 12.5. The molecule has 2 aliphatic carbocycles. The lowest BCUT2D eigenvalue weighted by Gasteiger charge is -2.56. The van der Waals surface area contributed by atoms with Crippen LogP contribution in [-0.2, 0) is 19.2 Å². The lowest BCUT2D eigenvalue weighted by atomic mass is 9.46. The number of carbonyl (C=O) groups excluding carboxylic acids is 3. The molecule has 2 saturated carbocycles. The molecule has 0 spiro atoms. The number of carboxylic acid groups (broad SMARTS) is 1. The minimum absolute atomic E-state index is 0.117. The van der Waals surface area contributed by atoms with Crippen molar-refractivity contribution in [2.24, 2.45) is 22.7 Å². The highest BCUT2D eigenvalue weighted by atomic mass is 16.4. The van der Waals surface area contributed by atoms with E-state index in [9.17, 15) is 24.3 Å². The highest BCUT2D eigenvalue weighted by molar-refractivity contribution is 6.38. The summed E-state index contributed by atoms with van der Waals surface area (Å²) in [5.41, 5.74) is -1.31. The van der Waals surface area contributed by atoms with Gasteiger partial charge in [0.15, 0.2) is 5.78 Å². The molecule has 5 heteroatoms. The minimum atomic E-state index is -0.952. The minimum Gasteiger partial charge on any atom is -0.481 e. The largest absolute Gasteiger partial charge is 0.481 e. The van der Waals surface area contributed by atoms with Crippen LogP contribution in [-0.4, -0.2) is 28.4 Å². The van der Waals surface area contributed by atoms with Crippen molar-refractivity contribution in [3.8, 4) is 0 Å². The van der Waals surface area contributed by atoms with Gasteiger partial charge in [-0.05, 0) is 36.5 Å². The molecule has 0 aromatic carbocycles. The fraction of sp³-hybridized carbons (Fsp3) is 0.765. The lowest BCUT2D eigenvalue weighted by Crippen LogP contribution is -2.55. The maximum atomic E-state index is 12.5. The van der Waals surface area contributed by atoms with E-state index in [-0.39, 0.29) is 23.5 Å². The van der Waals surface area contributed by atoms with E-state index in [0.29, 0.717) is 32.1 Å². The summed E-state index contributed by atoms with van der Waals surface area (Å²) in [5, 5.41) is 9.31. The van der Waals surface area contributed by atoms with Crippen LogP contribution < -0.4 is 0 Å². The molecule has 5 nitrogen and oxygen atoms in total.